The monoisotopic (exact) mass is 308 g/mol. The van der Waals surface area contributed by atoms with Crippen molar-refractivity contribution >= 4 is 27.7 Å². The number of alkyl halides is 3. The number of carbonyl (C=O) groups is 1. The Morgan fingerprint density at radius 2 is 2.24 bits per heavy atom. The van der Waals surface area contributed by atoms with Gasteiger partial charge in [-0.25, -0.2) is 13.8 Å². The normalized spacial score (nSPS) is 10.6. The van der Waals surface area contributed by atoms with Gasteiger partial charge in [0.1, 0.15) is 11.5 Å². The molecular weight excluding hydrogens is 298 g/mol. The molecule has 0 amide bonds. The highest BCUT2D eigenvalue weighted by Gasteiger charge is 2.18. The molecule has 1 heterocycles. The van der Waals surface area contributed by atoms with E-state index in [4.69, 9.17) is 5.73 Å². The van der Waals surface area contributed by atoms with Crippen molar-refractivity contribution in [1.82, 2.24) is 4.98 Å². The summed E-state index contributed by atoms with van der Waals surface area (Å²) in [6.07, 6.45) is -2.78. The number of halogens is 3. The van der Waals surface area contributed by atoms with Crippen LogP contribution in [-0.2, 0) is 21.3 Å². The lowest BCUT2D eigenvalue weighted by molar-refractivity contribution is -0.139. The molecule has 94 valence electrons. The number of pyridine rings is 1. The molecule has 0 fully saturated rings. The van der Waals surface area contributed by atoms with Gasteiger partial charge in [-0.05, 0) is 11.6 Å². The van der Waals surface area contributed by atoms with E-state index < -0.39 is 12.4 Å². The van der Waals surface area contributed by atoms with E-state index >= 15 is 0 Å². The van der Waals surface area contributed by atoms with Crippen LogP contribution in [0.25, 0.3) is 0 Å². The topological polar surface area (TPSA) is 65.2 Å². The van der Waals surface area contributed by atoms with E-state index in [9.17, 15) is 13.6 Å². The Morgan fingerprint density at radius 3 is 2.71 bits per heavy atom. The highest BCUT2D eigenvalue weighted by atomic mass is 79.9. The van der Waals surface area contributed by atoms with Gasteiger partial charge in [0.2, 0.25) is 0 Å². The van der Waals surface area contributed by atoms with Crippen molar-refractivity contribution in [3.63, 3.8) is 0 Å². The van der Waals surface area contributed by atoms with Crippen LogP contribution in [0.1, 0.15) is 23.2 Å². The Hall–Kier alpha value is -1.24. The number of nitrogens with zero attached hydrogens (tertiary/aromatic N) is 1. The van der Waals surface area contributed by atoms with Crippen LogP contribution >= 0.6 is 15.9 Å². The zero-order chi connectivity index (χ0) is 13.0. The van der Waals surface area contributed by atoms with Crippen LogP contribution < -0.4 is 5.73 Å². The van der Waals surface area contributed by atoms with Crippen molar-refractivity contribution in [1.29, 1.82) is 0 Å². The lowest BCUT2D eigenvalue weighted by Crippen LogP contribution is -2.10. The number of aromatic nitrogens is 1. The summed E-state index contributed by atoms with van der Waals surface area (Å²) in [6.45, 7) is 0. The minimum atomic E-state index is -2.70. The van der Waals surface area contributed by atoms with Crippen molar-refractivity contribution < 1.29 is 18.3 Å². The summed E-state index contributed by atoms with van der Waals surface area (Å²) in [5.41, 5.74) is 5.85. The number of hydrogen-bond donors (Lipinski definition) is 1. The van der Waals surface area contributed by atoms with Crippen LogP contribution in [0.2, 0.25) is 0 Å². The SMILES string of the molecule is COC(=O)Cc1cc(CBr)c(C(F)F)nc1N. The fourth-order valence-corrected chi connectivity index (χ4v) is 1.75. The molecule has 1 aromatic heterocycles. The van der Waals surface area contributed by atoms with Gasteiger partial charge in [0.15, 0.2) is 0 Å². The first kappa shape index (κ1) is 13.8. The number of anilines is 1. The third-order valence-corrected chi connectivity index (χ3v) is 2.76. The number of methoxy groups -OCH3 is 1. The average molecular weight is 309 g/mol. The maximum absolute atomic E-state index is 12.6. The highest BCUT2D eigenvalue weighted by Crippen LogP contribution is 2.26. The van der Waals surface area contributed by atoms with E-state index in [0.717, 1.165) is 0 Å². The fraction of sp³-hybridized carbons (Fsp3) is 0.400. The summed E-state index contributed by atoms with van der Waals surface area (Å²) in [6, 6.07) is 1.44. The standard InChI is InChI=1S/C10H11BrF2N2O2/c1-17-7(16)3-5-2-6(4-11)8(9(12)13)15-10(5)14/h2,9H,3-4H2,1H3,(H2,14,15). The first-order valence-electron chi connectivity index (χ1n) is 4.68. The molecule has 0 aliphatic carbocycles. The van der Waals surface area contributed by atoms with Gasteiger partial charge in [-0.3, -0.25) is 4.79 Å². The van der Waals surface area contributed by atoms with Crippen LogP contribution in [0.4, 0.5) is 14.6 Å². The summed E-state index contributed by atoms with van der Waals surface area (Å²) < 4.78 is 29.7. The van der Waals surface area contributed by atoms with E-state index in [1.807, 2.05) is 0 Å². The molecule has 0 saturated carbocycles. The molecule has 1 aromatic rings. The summed E-state index contributed by atoms with van der Waals surface area (Å²) >= 11 is 3.09. The summed E-state index contributed by atoms with van der Waals surface area (Å²) in [7, 11) is 1.24. The maximum Gasteiger partial charge on any atom is 0.310 e. The quantitative estimate of drug-likeness (QED) is 0.684. The van der Waals surface area contributed by atoms with E-state index in [1.165, 1.54) is 13.2 Å². The van der Waals surface area contributed by atoms with Crippen molar-refractivity contribution in [2.24, 2.45) is 0 Å². The third-order valence-electron chi connectivity index (χ3n) is 2.16. The lowest BCUT2D eigenvalue weighted by Gasteiger charge is -2.10. The summed E-state index contributed by atoms with van der Waals surface area (Å²) in [4.78, 5) is 14.7. The second kappa shape index (κ2) is 5.90. The van der Waals surface area contributed by atoms with E-state index in [0.29, 0.717) is 11.1 Å². The van der Waals surface area contributed by atoms with E-state index in [1.54, 1.807) is 0 Å². The molecule has 0 saturated heterocycles. The van der Waals surface area contributed by atoms with Crippen molar-refractivity contribution in [3.8, 4) is 0 Å². The predicted molar refractivity (Wildman–Crippen MR) is 62.0 cm³/mol. The number of esters is 1. The molecule has 0 atom stereocenters. The minimum Gasteiger partial charge on any atom is -0.469 e. The van der Waals surface area contributed by atoms with Crippen LogP contribution in [0, 0.1) is 0 Å². The molecule has 0 spiro atoms. The number of rotatable bonds is 4. The molecule has 4 nitrogen and oxygen atoms in total. The van der Waals surface area contributed by atoms with Gasteiger partial charge >= 0.3 is 5.97 Å². The van der Waals surface area contributed by atoms with Gasteiger partial charge in [0.05, 0.1) is 13.5 Å². The van der Waals surface area contributed by atoms with E-state index in [2.05, 4.69) is 25.7 Å². The number of nitrogen functional groups attached to an aromatic ring is 1. The maximum atomic E-state index is 12.6. The Labute approximate surface area is 105 Å². The van der Waals surface area contributed by atoms with Gasteiger partial charge in [0.25, 0.3) is 6.43 Å². The Morgan fingerprint density at radius 1 is 1.59 bits per heavy atom. The van der Waals surface area contributed by atoms with Crippen LogP contribution in [0.3, 0.4) is 0 Å². The molecule has 0 bridgehead atoms. The van der Waals surface area contributed by atoms with Crippen LogP contribution in [-0.4, -0.2) is 18.1 Å². The second-order valence-electron chi connectivity index (χ2n) is 3.26. The highest BCUT2D eigenvalue weighted by molar-refractivity contribution is 9.08. The third kappa shape index (κ3) is 3.36. The van der Waals surface area contributed by atoms with Crippen LogP contribution in [0.5, 0.6) is 0 Å². The molecule has 2 N–H and O–H groups in total. The zero-order valence-electron chi connectivity index (χ0n) is 9.04. The largest absolute Gasteiger partial charge is 0.469 e. The van der Waals surface area contributed by atoms with Gasteiger partial charge in [-0.1, -0.05) is 15.9 Å². The zero-order valence-corrected chi connectivity index (χ0v) is 10.6. The molecule has 0 aliphatic heterocycles. The number of ether oxygens (including phenoxy) is 1. The van der Waals surface area contributed by atoms with E-state index in [-0.39, 0.29) is 23.3 Å². The predicted octanol–water partition coefficient (Wildman–Crippen LogP) is 2.21. The molecule has 0 unspecified atom stereocenters. The van der Waals surface area contributed by atoms with Gasteiger partial charge in [-0.2, -0.15) is 0 Å². The van der Waals surface area contributed by atoms with Crippen molar-refractivity contribution in [3.05, 3.63) is 22.9 Å². The summed E-state index contributed by atoms with van der Waals surface area (Å²) in [5, 5.41) is 0.216. The first-order chi connectivity index (χ1) is 7.99. The minimum absolute atomic E-state index is 0.0737. The van der Waals surface area contributed by atoms with Crippen molar-refractivity contribution in [2.45, 2.75) is 18.2 Å². The second-order valence-corrected chi connectivity index (χ2v) is 3.83. The Kier molecular flexibility index (Phi) is 4.80. The smallest absolute Gasteiger partial charge is 0.310 e. The first-order valence-corrected chi connectivity index (χ1v) is 5.80. The van der Waals surface area contributed by atoms with Gasteiger partial charge < -0.3 is 10.5 Å². The molecule has 7 heteroatoms. The molecule has 0 radical (unpaired) electrons. The van der Waals surface area contributed by atoms with Crippen LogP contribution in [0.15, 0.2) is 6.07 Å². The molecule has 1 rings (SSSR count). The molecule has 0 aliphatic rings. The average Bonchev–Trinajstić information content (AvgIpc) is 2.30. The fourth-order valence-electron chi connectivity index (χ4n) is 1.30. The van der Waals surface area contributed by atoms with Gasteiger partial charge in [-0.15, -0.1) is 0 Å². The number of carbonyl (C=O) groups excluding carboxylic acids is 1. The lowest BCUT2D eigenvalue weighted by atomic mass is 10.1. The molecule has 17 heavy (non-hydrogen) atoms. The summed E-state index contributed by atoms with van der Waals surface area (Å²) in [5.74, 6) is -0.570. The van der Waals surface area contributed by atoms with Crippen molar-refractivity contribution in [2.75, 3.05) is 12.8 Å². The Balaban J connectivity index is 3.13. The molecule has 0 aromatic carbocycles. The number of nitrogens with two attached hydrogens (primary N) is 1. The molecular formula is C10H11BrF2N2O2. The number of hydrogen-bond acceptors (Lipinski definition) is 4. The Bertz CT molecular complexity index is 427. The van der Waals surface area contributed by atoms with Gasteiger partial charge in [0, 0.05) is 10.9 Å².